The molecule has 0 saturated carbocycles. The van der Waals surface area contributed by atoms with Gasteiger partial charge in [-0.2, -0.15) is 0 Å². The van der Waals surface area contributed by atoms with Gasteiger partial charge in [0.2, 0.25) is 5.91 Å². The van der Waals surface area contributed by atoms with E-state index in [4.69, 9.17) is 0 Å². The minimum atomic E-state index is -0.944. The molecular weight excluding hydrogens is 364 g/mol. The number of likely N-dealkylation sites (N-methyl/N-ethyl adjacent to an activating group) is 1. The second-order valence-electron chi connectivity index (χ2n) is 6.70. The van der Waals surface area contributed by atoms with Gasteiger partial charge in [-0.1, -0.05) is 19.9 Å². The van der Waals surface area contributed by atoms with Crippen LogP contribution in [0.2, 0.25) is 0 Å². The predicted octanol–water partition coefficient (Wildman–Crippen LogP) is 2.35. The number of nitrogens with one attached hydrogen (secondary N) is 2. The Morgan fingerprint density at radius 2 is 1.85 bits per heavy atom. The van der Waals surface area contributed by atoms with E-state index in [9.17, 15) is 18.4 Å². The molecule has 0 radical (unpaired) electrons. The number of rotatable bonds is 5. The van der Waals surface area contributed by atoms with E-state index in [-0.39, 0.29) is 30.3 Å². The first kappa shape index (κ1) is 22.3. The van der Waals surface area contributed by atoms with E-state index in [0.29, 0.717) is 13.1 Å². The summed E-state index contributed by atoms with van der Waals surface area (Å²) >= 11 is 0. The maximum absolute atomic E-state index is 13.8. The maximum atomic E-state index is 13.8. The number of benzene rings is 1. The van der Waals surface area contributed by atoms with Gasteiger partial charge in [-0.25, -0.2) is 8.78 Å². The van der Waals surface area contributed by atoms with Crippen LogP contribution in [0.5, 0.6) is 0 Å². The van der Waals surface area contributed by atoms with E-state index in [1.54, 1.807) is 18.7 Å². The highest BCUT2D eigenvalue weighted by Gasteiger charge is 2.32. The molecule has 0 aliphatic carbocycles. The van der Waals surface area contributed by atoms with Crippen LogP contribution in [-0.2, 0) is 4.79 Å². The average molecular weight is 390 g/mol. The fourth-order valence-electron chi connectivity index (χ4n) is 3.05. The van der Waals surface area contributed by atoms with Crippen LogP contribution >= 0.6 is 12.4 Å². The molecule has 2 atom stereocenters. The molecule has 0 spiro atoms. The molecule has 5 nitrogen and oxygen atoms in total. The van der Waals surface area contributed by atoms with Gasteiger partial charge in [0.25, 0.3) is 5.91 Å². The van der Waals surface area contributed by atoms with Gasteiger partial charge in [0.15, 0.2) is 0 Å². The Morgan fingerprint density at radius 3 is 2.38 bits per heavy atom. The maximum Gasteiger partial charge on any atom is 0.257 e. The minimum Gasteiger partial charge on any atom is -0.340 e. The molecule has 1 saturated heterocycles. The molecule has 1 aromatic carbocycles. The van der Waals surface area contributed by atoms with Crippen molar-refractivity contribution in [1.29, 1.82) is 0 Å². The molecule has 2 rings (SSSR count). The first-order chi connectivity index (χ1) is 11.8. The molecule has 1 aromatic rings. The van der Waals surface area contributed by atoms with Crippen LogP contribution in [0.1, 0.15) is 37.0 Å². The zero-order valence-corrected chi connectivity index (χ0v) is 16.0. The summed E-state index contributed by atoms with van der Waals surface area (Å²) in [5.74, 6) is -3.23. The topological polar surface area (TPSA) is 61.4 Å². The molecule has 2 unspecified atom stereocenters. The van der Waals surface area contributed by atoms with E-state index < -0.39 is 29.1 Å². The number of halogens is 3. The first-order valence-electron chi connectivity index (χ1n) is 8.56. The number of likely N-dealkylation sites (tertiary alicyclic amines) is 1. The fourth-order valence-corrected chi connectivity index (χ4v) is 3.05. The van der Waals surface area contributed by atoms with Crippen molar-refractivity contribution < 1.29 is 18.4 Å². The molecule has 0 bridgehead atoms. The summed E-state index contributed by atoms with van der Waals surface area (Å²) in [5, 5.41) is 5.67. The van der Waals surface area contributed by atoms with Crippen LogP contribution in [0.15, 0.2) is 18.2 Å². The molecule has 1 aliphatic heterocycles. The molecule has 1 aliphatic rings. The molecule has 0 aromatic heterocycles. The molecule has 8 heteroatoms. The Morgan fingerprint density at radius 1 is 1.23 bits per heavy atom. The Balaban J connectivity index is 0.00000338. The Kier molecular flexibility index (Phi) is 8.43. The van der Waals surface area contributed by atoms with Crippen molar-refractivity contribution in [1.82, 2.24) is 15.5 Å². The molecule has 26 heavy (non-hydrogen) atoms. The highest BCUT2D eigenvalue weighted by Crippen LogP contribution is 2.16. The summed E-state index contributed by atoms with van der Waals surface area (Å²) in [6.07, 6.45) is 1.86. The Bertz CT molecular complexity index is 623. The van der Waals surface area contributed by atoms with Crippen LogP contribution in [0, 0.1) is 17.6 Å². The van der Waals surface area contributed by atoms with Crippen LogP contribution in [-0.4, -0.2) is 48.9 Å². The summed E-state index contributed by atoms with van der Waals surface area (Å²) in [7, 11) is 1.85. The van der Waals surface area contributed by atoms with Gasteiger partial charge in [-0.05, 0) is 37.9 Å². The molecule has 1 heterocycles. The third-order valence-corrected chi connectivity index (χ3v) is 4.55. The van der Waals surface area contributed by atoms with Gasteiger partial charge in [-0.3, -0.25) is 9.59 Å². The van der Waals surface area contributed by atoms with Gasteiger partial charge in [0.1, 0.15) is 23.2 Å². The zero-order valence-electron chi connectivity index (χ0n) is 15.2. The third-order valence-electron chi connectivity index (χ3n) is 4.55. The standard InChI is InChI=1S/C18H25F2N3O2.ClH/c1-11(2)16(18(25)23-9-5-6-12(10-23)21-3)22-17(24)15-13(19)7-4-8-14(15)20;/h4,7-8,11-12,16,21H,5-6,9-10H2,1-3H3,(H,22,24);1H. The Labute approximate surface area is 158 Å². The predicted molar refractivity (Wildman–Crippen MR) is 98.4 cm³/mol. The lowest BCUT2D eigenvalue weighted by molar-refractivity contribution is -0.135. The summed E-state index contributed by atoms with van der Waals surface area (Å²) in [6.45, 7) is 4.76. The number of hydrogen-bond acceptors (Lipinski definition) is 3. The number of amides is 2. The van der Waals surface area contributed by atoms with Crippen LogP contribution < -0.4 is 10.6 Å². The number of carbonyl (C=O) groups is 2. The van der Waals surface area contributed by atoms with Gasteiger partial charge < -0.3 is 15.5 Å². The zero-order chi connectivity index (χ0) is 18.6. The van der Waals surface area contributed by atoms with Crippen molar-refractivity contribution in [3.05, 3.63) is 35.4 Å². The molecular formula is C18H26ClF2N3O2. The SMILES string of the molecule is CNC1CCCN(C(=O)C(NC(=O)c2c(F)cccc2F)C(C)C)C1.Cl. The largest absolute Gasteiger partial charge is 0.340 e. The number of hydrogen-bond donors (Lipinski definition) is 2. The molecule has 2 N–H and O–H groups in total. The molecule has 146 valence electrons. The lowest BCUT2D eigenvalue weighted by Crippen LogP contribution is -2.55. The second-order valence-corrected chi connectivity index (χ2v) is 6.70. The normalized spacial score (nSPS) is 18.2. The molecule has 1 fully saturated rings. The lowest BCUT2D eigenvalue weighted by atomic mass is 9.99. The van der Waals surface area contributed by atoms with E-state index in [1.165, 1.54) is 6.07 Å². The number of piperidine rings is 1. The fraction of sp³-hybridized carbons (Fsp3) is 0.556. The van der Waals surface area contributed by atoms with Gasteiger partial charge in [0, 0.05) is 19.1 Å². The van der Waals surface area contributed by atoms with Crippen molar-refractivity contribution >= 4 is 24.2 Å². The number of nitrogens with zero attached hydrogens (tertiary/aromatic N) is 1. The lowest BCUT2D eigenvalue weighted by Gasteiger charge is -2.36. The van der Waals surface area contributed by atoms with E-state index >= 15 is 0 Å². The molecule has 2 amide bonds. The summed E-state index contributed by atoms with van der Waals surface area (Å²) in [6, 6.07) is 2.61. The van der Waals surface area contributed by atoms with Crippen LogP contribution in [0.4, 0.5) is 8.78 Å². The highest BCUT2D eigenvalue weighted by molar-refractivity contribution is 5.98. The Hall–Kier alpha value is -1.73. The van der Waals surface area contributed by atoms with Gasteiger partial charge in [0.05, 0.1) is 0 Å². The minimum absolute atomic E-state index is 0. The highest BCUT2D eigenvalue weighted by atomic mass is 35.5. The van der Waals surface area contributed by atoms with Gasteiger partial charge in [-0.15, -0.1) is 12.4 Å². The van der Waals surface area contributed by atoms with Crippen molar-refractivity contribution in [3.8, 4) is 0 Å². The van der Waals surface area contributed by atoms with E-state index in [1.807, 2.05) is 7.05 Å². The summed E-state index contributed by atoms with van der Waals surface area (Å²) in [4.78, 5) is 26.9. The van der Waals surface area contributed by atoms with Crippen molar-refractivity contribution in [3.63, 3.8) is 0 Å². The third kappa shape index (κ3) is 5.14. The monoisotopic (exact) mass is 389 g/mol. The van der Waals surface area contributed by atoms with E-state index in [2.05, 4.69) is 10.6 Å². The number of carbonyl (C=O) groups excluding carboxylic acids is 2. The van der Waals surface area contributed by atoms with Gasteiger partial charge >= 0.3 is 0 Å². The van der Waals surface area contributed by atoms with Crippen molar-refractivity contribution in [2.75, 3.05) is 20.1 Å². The smallest absolute Gasteiger partial charge is 0.257 e. The van der Waals surface area contributed by atoms with E-state index in [0.717, 1.165) is 25.0 Å². The summed E-state index contributed by atoms with van der Waals surface area (Å²) in [5.41, 5.74) is -0.660. The second kappa shape index (κ2) is 9.83. The summed E-state index contributed by atoms with van der Waals surface area (Å²) < 4.78 is 27.6. The quantitative estimate of drug-likeness (QED) is 0.812. The van der Waals surface area contributed by atoms with Crippen molar-refractivity contribution in [2.45, 2.75) is 38.8 Å². The van der Waals surface area contributed by atoms with Crippen LogP contribution in [0.3, 0.4) is 0 Å². The van der Waals surface area contributed by atoms with Crippen molar-refractivity contribution in [2.24, 2.45) is 5.92 Å². The van der Waals surface area contributed by atoms with Crippen LogP contribution in [0.25, 0.3) is 0 Å². The average Bonchev–Trinajstić information content (AvgIpc) is 2.58. The first-order valence-corrected chi connectivity index (χ1v) is 8.56.